The molecule has 2 aromatic heterocycles. The topological polar surface area (TPSA) is 112 Å². The number of amides is 1. The summed E-state index contributed by atoms with van der Waals surface area (Å²) in [6, 6.07) is 13.7. The van der Waals surface area contributed by atoms with Gasteiger partial charge in [-0.25, -0.2) is 18.9 Å². The molecule has 1 amide bonds. The normalized spacial score (nSPS) is 11.7. The Morgan fingerprint density at radius 3 is 2.52 bits per heavy atom. The van der Waals surface area contributed by atoms with E-state index in [1.165, 1.54) is 42.4 Å². The third-order valence-corrected chi connectivity index (χ3v) is 5.36. The molecule has 11 heteroatoms. The molecule has 0 fully saturated rings. The van der Waals surface area contributed by atoms with Crippen LogP contribution in [0.25, 0.3) is 10.4 Å². The fraction of sp³-hybridized carbons (Fsp3) is 0.100. The molecular weight excluding hydrogens is 423 g/mol. The van der Waals surface area contributed by atoms with E-state index in [2.05, 4.69) is 25.8 Å². The second kappa shape index (κ2) is 8.79. The molecule has 0 aliphatic rings. The minimum absolute atomic E-state index is 0.0214. The minimum atomic E-state index is -0.851. The Bertz CT molecular complexity index is 1200. The van der Waals surface area contributed by atoms with Crippen LogP contribution in [-0.4, -0.2) is 44.2 Å². The SMILES string of the molecule is COC(=O)c1nc(NC(=O)[C@@H](c2ccccc2)n2cnnn2)sc1-c1ccc(F)cc1. The molecule has 0 radical (unpaired) electrons. The Kier molecular flexibility index (Phi) is 5.76. The molecule has 0 saturated heterocycles. The van der Waals surface area contributed by atoms with Gasteiger partial charge in [0.15, 0.2) is 16.9 Å². The van der Waals surface area contributed by atoms with Crippen molar-refractivity contribution >= 4 is 28.3 Å². The second-order valence-corrected chi connectivity index (χ2v) is 7.29. The quantitative estimate of drug-likeness (QED) is 0.461. The summed E-state index contributed by atoms with van der Waals surface area (Å²) in [6.07, 6.45) is 1.34. The number of thiazole rings is 1. The summed E-state index contributed by atoms with van der Waals surface area (Å²) in [7, 11) is 1.23. The van der Waals surface area contributed by atoms with Crippen LogP contribution < -0.4 is 5.32 Å². The maximum absolute atomic E-state index is 13.3. The lowest BCUT2D eigenvalue weighted by atomic mass is 10.1. The first-order valence-corrected chi connectivity index (χ1v) is 9.82. The lowest BCUT2D eigenvalue weighted by molar-refractivity contribution is -0.118. The van der Waals surface area contributed by atoms with Gasteiger partial charge in [-0.15, -0.1) is 5.10 Å². The highest BCUT2D eigenvalue weighted by Gasteiger charge is 2.27. The highest BCUT2D eigenvalue weighted by molar-refractivity contribution is 7.19. The Morgan fingerprint density at radius 1 is 1.13 bits per heavy atom. The van der Waals surface area contributed by atoms with Crippen LogP contribution in [0.2, 0.25) is 0 Å². The number of ether oxygens (including phenoxy) is 1. The fourth-order valence-electron chi connectivity index (χ4n) is 2.93. The lowest BCUT2D eigenvalue weighted by Crippen LogP contribution is -2.27. The van der Waals surface area contributed by atoms with Gasteiger partial charge in [-0.3, -0.25) is 10.1 Å². The summed E-state index contributed by atoms with van der Waals surface area (Å²) in [5.41, 5.74) is 1.25. The van der Waals surface area contributed by atoms with Crippen molar-refractivity contribution in [3.63, 3.8) is 0 Å². The number of nitrogens with zero attached hydrogens (tertiary/aromatic N) is 5. The van der Waals surface area contributed by atoms with Crippen LogP contribution in [0.15, 0.2) is 60.9 Å². The van der Waals surface area contributed by atoms with Crippen molar-refractivity contribution in [1.29, 1.82) is 0 Å². The van der Waals surface area contributed by atoms with E-state index < -0.39 is 23.7 Å². The predicted octanol–water partition coefficient (Wildman–Crippen LogP) is 2.95. The summed E-state index contributed by atoms with van der Waals surface area (Å²) in [5.74, 6) is -1.53. The minimum Gasteiger partial charge on any atom is -0.464 e. The summed E-state index contributed by atoms with van der Waals surface area (Å²) in [5, 5.41) is 14.0. The van der Waals surface area contributed by atoms with Crippen molar-refractivity contribution in [1.82, 2.24) is 25.2 Å². The van der Waals surface area contributed by atoms with Crippen LogP contribution in [-0.2, 0) is 9.53 Å². The molecule has 4 aromatic rings. The van der Waals surface area contributed by atoms with Gasteiger partial charge in [0.05, 0.1) is 12.0 Å². The number of aromatic nitrogens is 5. The molecule has 0 aliphatic heterocycles. The van der Waals surface area contributed by atoms with Crippen LogP contribution in [0.3, 0.4) is 0 Å². The molecule has 0 spiro atoms. The Labute approximate surface area is 179 Å². The van der Waals surface area contributed by atoms with E-state index in [4.69, 9.17) is 4.74 Å². The zero-order chi connectivity index (χ0) is 21.8. The number of carbonyl (C=O) groups excluding carboxylic acids is 2. The molecule has 156 valence electrons. The maximum atomic E-state index is 13.3. The van der Waals surface area contributed by atoms with E-state index in [9.17, 15) is 14.0 Å². The second-order valence-electron chi connectivity index (χ2n) is 6.29. The number of rotatable bonds is 6. The average molecular weight is 438 g/mol. The van der Waals surface area contributed by atoms with E-state index in [1.54, 1.807) is 24.3 Å². The van der Waals surface area contributed by atoms with E-state index in [0.717, 1.165) is 11.3 Å². The zero-order valence-corrected chi connectivity index (χ0v) is 16.9. The van der Waals surface area contributed by atoms with Crippen LogP contribution in [0.4, 0.5) is 9.52 Å². The van der Waals surface area contributed by atoms with Gasteiger partial charge in [0, 0.05) is 0 Å². The number of esters is 1. The summed E-state index contributed by atoms with van der Waals surface area (Å²) in [4.78, 5) is 30.0. The van der Waals surface area contributed by atoms with Gasteiger partial charge in [0.2, 0.25) is 0 Å². The first-order valence-electron chi connectivity index (χ1n) is 9.00. The van der Waals surface area contributed by atoms with Crippen molar-refractivity contribution in [2.45, 2.75) is 6.04 Å². The van der Waals surface area contributed by atoms with Crippen molar-refractivity contribution in [2.24, 2.45) is 0 Å². The molecule has 0 aliphatic carbocycles. The van der Waals surface area contributed by atoms with Gasteiger partial charge in [-0.1, -0.05) is 53.8 Å². The molecular formula is C20H15FN6O3S. The van der Waals surface area contributed by atoms with E-state index in [-0.39, 0.29) is 10.8 Å². The molecule has 1 atom stereocenters. The number of nitrogens with one attached hydrogen (secondary N) is 1. The van der Waals surface area contributed by atoms with Crippen molar-refractivity contribution in [3.8, 4) is 10.4 Å². The number of benzene rings is 2. The molecule has 0 unspecified atom stereocenters. The van der Waals surface area contributed by atoms with Crippen molar-refractivity contribution in [2.75, 3.05) is 12.4 Å². The number of methoxy groups -OCH3 is 1. The van der Waals surface area contributed by atoms with Gasteiger partial charge in [-0.05, 0) is 33.7 Å². The third kappa shape index (κ3) is 4.31. The number of hydrogen-bond acceptors (Lipinski definition) is 8. The number of halogens is 1. The highest BCUT2D eigenvalue weighted by atomic mass is 32.1. The summed E-state index contributed by atoms with van der Waals surface area (Å²) < 4.78 is 19.4. The molecule has 31 heavy (non-hydrogen) atoms. The molecule has 4 rings (SSSR count). The number of hydrogen-bond donors (Lipinski definition) is 1. The fourth-order valence-corrected chi connectivity index (χ4v) is 3.89. The molecule has 0 bridgehead atoms. The van der Waals surface area contributed by atoms with Crippen molar-refractivity contribution in [3.05, 3.63) is 78.0 Å². The average Bonchev–Trinajstić information content (AvgIpc) is 3.45. The van der Waals surface area contributed by atoms with Crippen LogP contribution in [0.5, 0.6) is 0 Å². The predicted molar refractivity (Wildman–Crippen MR) is 110 cm³/mol. The largest absolute Gasteiger partial charge is 0.464 e. The van der Waals surface area contributed by atoms with Crippen LogP contribution in [0, 0.1) is 5.82 Å². The molecule has 9 nitrogen and oxygen atoms in total. The Balaban J connectivity index is 1.68. The lowest BCUT2D eigenvalue weighted by Gasteiger charge is -2.15. The first kappa shape index (κ1) is 20.3. The maximum Gasteiger partial charge on any atom is 0.358 e. The van der Waals surface area contributed by atoms with Crippen LogP contribution in [0.1, 0.15) is 22.1 Å². The van der Waals surface area contributed by atoms with E-state index in [0.29, 0.717) is 16.0 Å². The number of tetrazole rings is 1. The molecule has 2 heterocycles. The Morgan fingerprint density at radius 2 is 1.87 bits per heavy atom. The van der Waals surface area contributed by atoms with Crippen molar-refractivity contribution < 1.29 is 18.7 Å². The van der Waals surface area contributed by atoms with Gasteiger partial charge in [0.1, 0.15) is 12.1 Å². The molecule has 0 saturated carbocycles. The molecule has 2 aromatic carbocycles. The van der Waals surface area contributed by atoms with Gasteiger partial charge >= 0.3 is 5.97 Å². The highest BCUT2D eigenvalue weighted by Crippen LogP contribution is 2.34. The van der Waals surface area contributed by atoms with E-state index >= 15 is 0 Å². The van der Waals surface area contributed by atoms with Gasteiger partial charge < -0.3 is 4.74 Å². The van der Waals surface area contributed by atoms with E-state index in [1.807, 2.05) is 6.07 Å². The number of anilines is 1. The Hall–Kier alpha value is -3.99. The van der Waals surface area contributed by atoms with Crippen LogP contribution >= 0.6 is 11.3 Å². The smallest absolute Gasteiger partial charge is 0.358 e. The third-order valence-electron chi connectivity index (χ3n) is 4.34. The standard InChI is InChI=1S/C20H15FN6O3S/c1-30-19(29)15-17(13-7-9-14(21)10-8-13)31-20(23-15)24-18(28)16(27-11-22-25-26-27)12-5-3-2-4-6-12/h2-11,16H,1H3,(H,23,24,28)/t16-/m1/s1. The van der Waals surface area contributed by atoms with Gasteiger partial charge in [0.25, 0.3) is 5.91 Å². The zero-order valence-electron chi connectivity index (χ0n) is 16.1. The summed E-state index contributed by atoms with van der Waals surface area (Å²) >= 11 is 1.07. The first-order chi connectivity index (χ1) is 15.1. The van der Waals surface area contributed by atoms with Gasteiger partial charge in [-0.2, -0.15) is 0 Å². The summed E-state index contributed by atoms with van der Waals surface area (Å²) in [6.45, 7) is 0. The monoisotopic (exact) mass is 438 g/mol. The molecule has 1 N–H and O–H groups in total. The number of carbonyl (C=O) groups is 2.